The number of hydrogen-bond donors (Lipinski definition) is 1. The molecular formula is C49H89NO5. The first-order valence-corrected chi connectivity index (χ1v) is 23.8. The van der Waals surface area contributed by atoms with Gasteiger partial charge in [0.15, 0.2) is 0 Å². The monoisotopic (exact) mass is 772 g/mol. The van der Waals surface area contributed by atoms with Gasteiger partial charge >= 0.3 is 11.9 Å². The zero-order valence-corrected chi connectivity index (χ0v) is 36.6. The molecule has 1 N–H and O–H groups in total. The van der Waals surface area contributed by atoms with Crippen molar-refractivity contribution >= 4 is 11.9 Å². The Labute approximate surface area is 340 Å². The van der Waals surface area contributed by atoms with Gasteiger partial charge in [0.25, 0.3) is 0 Å². The fourth-order valence-electron chi connectivity index (χ4n) is 7.55. The number of nitrogens with zero attached hydrogens (tertiary/aromatic N) is 1. The molecule has 0 radical (unpaired) electrons. The average Bonchev–Trinajstić information content (AvgIpc) is 3.18. The predicted molar refractivity (Wildman–Crippen MR) is 234 cm³/mol. The van der Waals surface area contributed by atoms with E-state index in [0.717, 1.165) is 110 Å². The molecule has 0 amide bonds. The van der Waals surface area contributed by atoms with Crippen LogP contribution in [0.1, 0.15) is 224 Å². The Morgan fingerprint density at radius 3 is 1.42 bits per heavy atom. The molecule has 0 bridgehead atoms. The molecule has 1 aromatic rings. The van der Waals surface area contributed by atoms with E-state index in [2.05, 4.69) is 43.9 Å². The van der Waals surface area contributed by atoms with Gasteiger partial charge < -0.3 is 19.5 Å². The summed E-state index contributed by atoms with van der Waals surface area (Å²) in [5.41, 5.74) is 4.57. The number of hydrogen-bond acceptors (Lipinski definition) is 6. The first-order valence-electron chi connectivity index (χ1n) is 23.8. The number of carbonyl (C=O) groups excluding carboxylic acids is 2. The first kappa shape index (κ1) is 51.1. The average molecular weight is 772 g/mol. The summed E-state index contributed by atoms with van der Waals surface area (Å²) in [4.78, 5) is 26.7. The van der Waals surface area contributed by atoms with E-state index in [1.165, 1.54) is 108 Å². The van der Waals surface area contributed by atoms with Crippen molar-refractivity contribution in [3.05, 3.63) is 34.9 Å². The van der Waals surface area contributed by atoms with Crippen LogP contribution in [-0.2, 0) is 38.3 Å². The fourth-order valence-corrected chi connectivity index (χ4v) is 7.55. The third-order valence-electron chi connectivity index (χ3n) is 11.1. The Morgan fingerprint density at radius 2 is 0.891 bits per heavy atom. The SMILES string of the molecule is CCCCCCCCCOC(=O)CCCCCCCN(CCO)CCCCCCCC(=O)OCCCCc1ccc(CCCCCC)c(CCCCCC)c1. The van der Waals surface area contributed by atoms with Gasteiger partial charge in [-0.25, -0.2) is 0 Å². The van der Waals surface area contributed by atoms with E-state index in [-0.39, 0.29) is 18.5 Å². The van der Waals surface area contributed by atoms with Crippen LogP contribution in [0.15, 0.2) is 18.2 Å². The normalized spacial score (nSPS) is 11.4. The van der Waals surface area contributed by atoms with Crippen LogP contribution in [0, 0.1) is 0 Å². The Bertz CT molecular complexity index is 1010. The van der Waals surface area contributed by atoms with E-state index in [1.54, 1.807) is 11.1 Å². The number of unbranched alkanes of at least 4 members (excludes halogenated alkanes) is 21. The van der Waals surface area contributed by atoms with Gasteiger partial charge in [0.2, 0.25) is 0 Å². The molecule has 0 unspecified atom stereocenters. The van der Waals surface area contributed by atoms with Gasteiger partial charge in [0, 0.05) is 19.4 Å². The molecule has 0 aliphatic heterocycles. The van der Waals surface area contributed by atoms with Gasteiger partial charge in [-0.05, 0) is 107 Å². The molecule has 0 fully saturated rings. The van der Waals surface area contributed by atoms with Crippen LogP contribution >= 0.6 is 0 Å². The van der Waals surface area contributed by atoms with E-state index in [9.17, 15) is 14.7 Å². The summed E-state index contributed by atoms with van der Waals surface area (Å²) >= 11 is 0. The third kappa shape index (κ3) is 31.8. The van der Waals surface area contributed by atoms with Crippen molar-refractivity contribution in [2.24, 2.45) is 0 Å². The molecule has 1 aromatic carbocycles. The molecule has 0 aliphatic carbocycles. The minimum Gasteiger partial charge on any atom is -0.466 e. The van der Waals surface area contributed by atoms with E-state index >= 15 is 0 Å². The summed E-state index contributed by atoms with van der Waals surface area (Å²) in [5, 5.41) is 9.53. The number of aliphatic hydroxyl groups excluding tert-OH is 1. The Hall–Kier alpha value is -1.92. The molecule has 0 heterocycles. The molecule has 0 spiro atoms. The Morgan fingerprint density at radius 1 is 0.473 bits per heavy atom. The number of aryl methyl sites for hydroxylation is 3. The highest BCUT2D eigenvalue weighted by Gasteiger charge is 2.08. The molecule has 0 aromatic heterocycles. The maximum atomic E-state index is 12.3. The molecule has 55 heavy (non-hydrogen) atoms. The van der Waals surface area contributed by atoms with Gasteiger partial charge in [-0.3, -0.25) is 9.59 Å². The molecule has 320 valence electrons. The topological polar surface area (TPSA) is 76.1 Å². The van der Waals surface area contributed by atoms with Crippen LogP contribution in [0.2, 0.25) is 0 Å². The Kier molecular flexibility index (Phi) is 36.2. The summed E-state index contributed by atoms with van der Waals surface area (Å²) in [7, 11) is 0. The van der Waals surface area contributed by atoms with E-state index < -0.39 is 0 Å². The van der Waals surface area contributed by atoms with Crippen LogP contribution < -0.4 is 0 Å². The summed E-state index contributed by atoms with van der Waals surface area (Å²) in [6.45, 7) is 10.9. The largest absolute Gasteiger partial charge is 0.466 e. The minimum atomic E-state index is -0.0466. The molecule has 0 saturated carbocycles. The quantitative estimate of drug-likeness (QED) is 0.0528. The van der Waals surface area contributed by atoms with E-state index in [4.69, 9.17) is 9.47 Å². The summed E-state index contributed by atoms with van der Waals surface area (Å²) in [6, 6.07) is 7.21. The minimum absolute atomic E-state index is 0.0344. The second kappa shape index (κ2) is 38.9. The maximum Gasteiger partial charge on any atom is 0.305 e. The zero-order valence-electron chi connectivity index (χ0n) is 36.6. The third-order valence-corrected chi connectivity index (χ3v) is 11.1. The number of ether oxygens (including phenoxy) is 2. The zero-order chi connectivity index (χ0) is 39.9. The van der Waals surface area contributed by atoms with Gasteiger partial charge in [0.05, 0.1) is 19.8 Å². The maximum absolute atomic E-state index is 12.3. The van der Waals surface area contributed by atoms with Crippen molar-refractivity contribution in [1.82, 2.24) is 4.90 Å². The predicted octanol–water partition coefficient (Wildman–Crippen LogP) is 13.1. The molecule has 0 aliphatic rings. The second-order valence-corrected chi connectivity index (χ2v) is 16.3. The molecule has 0 saturated heterocycles. The lowest BCUT2D eigenvalue weighted by Gasteiger charge is -2.21. The molecule has 0 atom stereocenters. The number of aliphatic hydroxyl groups is 1. The number of benzene rings is 1. The second-order valence-electron chi connectivity index (χ2n) is 16.3. The van der Waals surface area contributed by atoms with Crippen molar-refractivity contribution in [2.45, 2.75) is 226 Å². The van der Waals surface area contributed by atoms with Crippen LogP contribution in [0.5, 0.6) is 0 Å². The lowest BCUT2D eigenvalue weighted by molar-refractivity contribution is -0.144. The number of carbonyl (C=O) groups is 2. The first-order chi connectivity index (χ1) is 27.0. The smallest absolute Gasteiger partial charge is 0.305 e. The van der Waals surface area contributed by atoms with Crippen molar-refractivity contribution in [3.63, 3.8) is 0 Å². The highest BCUT2D eigenvalue weighted by Crippen LogP contribution is 2.20. The van der Waals surface area contributed by atoms with E-state index in [1.807, 2.05) is 0 Å². The van der Waals surface area contributed by atoms with Crippen molar-refractivity contribution in [2.75, 3.05) is 39.5 Å². The van der Waals surface area contributed by atoms with Crippen molar-refractivity contribution < 1.29 is 24.2 Å². The Balaban J connectivity index is 2.07. The summed E-state index contributed by atoms with van der Waals surface area (Å²) in [5.74, 6) is -0.0811. The lowest BCUT2D eigenvalue weighted by Crippen LogP contribution is -2.29. The highest BCUT2D eigenvalue weighted by molar-refractivity contribution is 5.69. The highest BCUT2D eigenvalue weighted by atomic mass is 16.5. The van der Waals surface area contributed by atoms with Gasteiger partial charge in [-0.2, -0.15) is 0 Å². The molecule has 6 heteroatoms. The van der Waals surface area contributed by atoms with Crippen LogP contribution in [-0.4, -0.2) is 61.4 Å². The van der Waals surface area contributed by atoms with Crippen molar-refractivity contribution in [1.29, 1.82) is 0 Å². The summed E-state index contributed by atoms with van der Waals surface area (Å²) in [6.07, 6.45) is 36.5. The number of esters is 2. The van der Waals surface area contributed by atoms with Crippen LogP contribution in [0.25, 0.3) is 0 Å². The van der Waals surface area contributed by atoms with Crippen LogP contribution in [0.3, 0.4) is 0 Å². The van der Waals surface area contributed by atoms with Crippen LogP contribution in [0.4, 0.5) is 0 Å². The lowest BCUT2D eigenvalue weighted by atomic mass is 9.93. The fraction of sp³-hybridized carbons (Fsp3) is 0.837. The number of rotatable bonds is 41. The molecule has 1 rings (SSSR count). The summed E-state index contributed by atoms with van der Waals surface area (Å²) < 4.78 is 11.0. The molecular weight excluding hydrogens is 683 g/mol. The van der Waals surface area contributed by atoms with E-state index in [0.29, 0.717) is 26.1 Å². The molecule has 6 nitrogen and oxygen atoms in total. The van der Waals surface area contributed by atoms with Gasteiger partial charge in [0.1, 0.15) is 0 Å². The standard InChI is InChI=1S/C49H89NO5/c1-4-7-10-13-14-21-29-42-54-48(52)34-24-17-15-19-27-38-50(40-41-51)39-28-20-16-18-25-35-49(53)55-43-30-26-31-45-36-37-46(32-22-11-8-5-2)47(44-45)33-23-12-9-6-3/h36-37,44,51H,4-35,38-43H2,1-3H3. The van der Waals surface area contributed by atoms with Gasteiger partial charge in [-0.1, -0.05) is 155 Å². The van der Waals surface area contributed by atoms with Gasteiger partial charge in [-0.15, -0.1) is 0 Å². The van der Waals surface area contributed by atoms with Crippen molar-refractivity contribution in [3.8, 4) is 0 Å².